The number of nitrogens with zero attached hydrogens (tertiary/aromatic N) is 2. The molecule has 26 heavy (non-hydrogen) atoms. The van der Waals surface area contributed by atoms with Gasteiger partial charge in [0.25, 0.3) is 0 Å². The monoisotopic (exact) mass is 388 g/mol. The summed E-state index contributed by atoms with van der Waals surface area (Å²) in [5.74, 6) is 0.440. The van der Waals surface area contributed by atoms with Gasteiger partial charge >= 0.3 is 0 Å². The molecule has 1 fully saturated rings. The van der Waals surface area contributed by atoms with E-state index in [1.807, 2.05) is 0 Å². The van der Waals surface area contributed by atoms with Crippen LogP contribution in [-0.2, 0) is 21.4 Å². The van der Waals surface area contributed by atoms with Crippen molar-refractivity contribution in [2.75, 3.05) is 6.26 Å². The molecule has 0 aliphatic heterocycles. The zero-order valence-electron chi connectivity index (χ0n) is 15.1. The molecule has 1 heterocycles. The van der Waals surface area contributed by atoms with Crippen LogP contribution in [0.25, 0.3) is 0 Å². The zero-order chi connectivity index (χ0) is 19.0. The van der Waals surface area contributed by atoms with Crippen LogP contribution in [0.3, 0.4) is 0 Å². The average molecular weight is 388 g/mol. The fourth-order valence-electron chi connectivity index (χ4n) is 3.41. The van der Waals surface area contributed by atoms with Gasteiger partial charge in [0.15, 0.2) is 5.82 Å². The summed E-state index contributed by atoms with van der Waals surface area (Å²) >= 11 is 0. The predicted octanol–water partition coefficient (Wildman–Crippen LogP) is 1.85. The Bertz CT molecular complexity index is 670. The van der Waals surface area contributed by atoms with Crippen LogP contribution < -0.4 is 10.2 Å². The lowest BCUT2D eigenvalue weighted by molar-refractivity contribution is -0.129. The minimum Gasteiger partial charge on any atom is -0.339 e. The van der Waals surface area contributed by atoms with Gasteiger partial charge in [0.1, 0.15) is 0 Å². The van der Waals surface area contributed by atoms with E-state index in [0.29, 0.717) is 12.3 Å². The van der Waals surface area contributed by atoms with Gasteiger partial charge in [0.05, 0.1) is 12.8 Å². The fraction of sp³-hybridized carbons (Fsp3) is 0.812. The topological polar surface area (TPSA) is 134 Å². The van der Waals surface area contributed by atoms with Crippen LogP contribution in [0, 0.1) is 5.92 Å². The van der Waals surface area contributed by atoms with Gasteiger partial charge in [-0.2, -0.15) is 4.98 Å². The third-order valence-electron chi connectivity index (χ3n) is 4.77. The quantitative estimate of drug-likeness (QED) is 0.411. The molecule has 9 nitrogen and oxygen atoms in total. The summed E-state index contributed by atoms with van der Waals surface area (Å²) in [6.45, 7) is -0.0661. The summed E-state index contributed by atoms with van der Waals surface area (Å²) in [5, 5.41) is 12.6. The second-order valence-corrected chi connectivity index (χ2v) is 8.85. The van der Waals surface area contributed by atoms with Gasteiger partial charge in [-0.05, 0) is 12.3 Å². The Morgan fingerprint density at radius 3 is 2.73 bits per heavy atom. The molecule has 0 spiro atoms. The molecule has 148 valence electrons. The molecule has 0 saturated heterocycles. The molecule has 10 heteroatoms. The lowest BCUT2D eigenvalue weighted by Crippen LogP contribution is -2.22. The molecule has 1 aliphatic carbocycles. The first-order chi connectivity index (χ1) is 12.4. The molecule has 1 aliphatic rings. The van der Waals surface area contributed by atoms with E-state index in [1.54, 1.807) is 5.48 Å². The number of sulfonamides is 1. The number of amides is 1. The van der Waals surface area contributed by atoms with Crippen LogP contribution in [0.1, 0.15) is 75.4 Å². The smallest absolute Gasteiger partial charge is 0.244 e. The highest BCUT2D eigenvalue weighted by atomic mass is 32.2. The van der Waals surface area contributed by atoms with Crippen molar-refractivity contribution in [2.45, 2.75) is 70.3 Å². The van der Waals surface area contributed by atoms with Crippen molar-refractivity contribution < 1.29 is 22.9 Å². The van der Waals surface area contributed by atoms with Gasteiger partial charge < -0.3 is 4.52 Å². The van der Waals surface area contributed by atoms with Gasteiger partial charge in [-0.15, -0.1) is 0 Å². The van der Waals surface area contributed by atoms with Gasteiger partial charge in [0, 0.05) is 12.3 Å². The Morgan fingerprint density at radius 1 is 1.35 bits per heavy atom. The predicted molar refractivity (Wildman–Crippen MR) is 93.7 cm³/mol. The van der Waals surface area contributed by atoms with E-state index in [-0.39, 0.29) is 24.7 Å². The van der Waals surface area contributed by atoms with Crippen LogP contribution in [0.2, 0.25) is 0 Å². The van der Waals surface area contributed by atoms with E-state index in [2.05, 4.69) is 14.9 Å². The molecule has 1 saturated carbocycles. The highest BCUT2D eigenvalue weighted by Crippen LogP contribution is 2.31. The zero-order valence-corrected chi connectivity index (χ0v) is 15.9. The van der Waals surface area contributed by atoms with Gasteiger partial charge in [-0.1, -0.05) is 50.1 Å². The average Bonchev–Trinajstić information content (AvgIpc) is 3.08. The Balaban J connectivity index is 1.92. The van der Waals surface area contributed by atoms with Crippen LogP contribution in [0.15, 0.2) is 4.52 Å². The van der Waals surface area contributed by atoms with E-state index < -0.39 is 15.9 Å². The van der Waals surface area contributed by atoms with E-state index in [1.165, 1.54) is 32.1 Å². The maximum atomic E-state index is 11.6. The highest BCUT2D eigenvalue weighted by molar-refractivity contribution is 7.88. The molecule has 0 bridgehead atoms. The Kier molecular flexibility index (Phi) is 7.98. The maximum absolute atomic E-state index is 11.6. The van der Waals surface area contributed by atoms with Crippen molar-refractivity contribution in [3.05, 3.63) is 11.7 Å². The Hall–Kier alpha value is -1.52. The van der Waals surface area contributed by atoms with E-state index in [9.17, 15) is 13.2 Å². The number of hydroxylamine groups is 1. The van der Waals surface area contributed by atoms with E-state index >= 15 is 0 Å². The Labute approximate surface area is 153 Å². The van der Waals surface area contributed by atoms with Crippen molar-refractivity contribution in [1.82, 2.24) is 20.3 Å². The summed E-state index contributed by atoms with van der Waals surface area (Å²) in [6.07, 6.45) is 10.3. The van der Waals surface area contributed by atoms with Crippen LogP contribution in [0.5, 0.6) is 0 Å². The van der Waals surface area contributed by atoms with Gasteiger partial charge in [0.2, 0.25) is 21.8 Å². The minimum absolute atomic E-state index is 0.0440. The van der Waals surface area contributed by atoms with E-state index in [0.717, 1.165) is 25.0 Å². The van der Waals surface area contributed by atoms with Gasteiger partial charge in [-0.3, -0.25) is 10.0 Å². The number of hydrogen-bond acceptors (Lipinski definition) is 7. The first kappa shape index (κ1) is 20.8. The molecule has 1 unspecified atom stereocenters. The third kappa shape index (κ3) is 7.38. The molecular formula is C16H28N4O5S. The first-order valence-electron chi connectivity index (χ1n) is 9.07. The van der Waals surface area contributed by atoms with Crippen LogP contribution in [0.4, 0.5) is 0 Å². The molecule has 1 aromatic rings. The number of hydrogen-bond donors (Lipinski definition) is 3. The minimum atomic E-state index is -3.35. The lowest BCUT2D eigenvalue weighted by Gasteiger charge is -2.22. The highest BCUT2D eigenvalue weighted by Gasteiger charge is 2.23. The maximum Gasteiger partial charge on any atom is 0.244 e. The second-order valence-electron chi connectivity index (χ2n) is 7.01. The van der Waals surface area contributed by atoms with Crippen molar-refractivity contribution in [3.63, 3.8) is 0 Å². The largest absolute Gasteiger partial charge is 0.339 e. The fourth-order valence-corrected chi connectivity index (χ4v) is 3.80. The summed E-state index contributed by atoms with van der Waals surface area (Å²) in [5.41, 5.74) is 1.64. The normalized spacial score (nSPS) is 17.2. The first-order valence-corrected chi connectivity index (χ1v) is 11.0. The SMILES string of the molecule is CS(=O)(=O)NCc1noc(C(CCCC2CCCCC2)CC(=O)NO)n1. The standard InChI is InChI=1S/C16H28N4O5S/c1-26(23,24)17-11-14-18-16(25-20-14)13(10-15(21)19-22)9-5-8-12-6-3-2-4-7-12/h12-13,17,22H,2-11H2,1H3,(H,19,21). The molecule has 1 amide bonds. The van der Waals surface area contributed by atoms with Crippen molar-refractivity contribution >= 4 is 15.9 Å². The molecule has 1 atom stereocenters. The molecule has 3 N–H and O–H groups in total. The molecule has 0 aromatic carbocycles. The summed E-state index contributed by atoms with van der Waals surface area (Å²) in [4.78, 5) is 15.8. The number of nitrogens with one attached hydrogen (secondary N) is 2. The van der Waals surface area contributed by atoms with Crippen LogP contribution >= 0.6 is 0 Å². The second kappa shape index (κ2) is 9.98. The third-order valence-corrected chi connectivity index (χ3v) is 5.44. The number of aromatic nitrogens is 2. The van der Waals surface area contributed by atoms with Crippen LogP contribution in [-0.4, -0.2) is 35.9 Å². The summed E-state index contributed by atoms with van der Waals surface area (Å²) in [7, 11) is -3.35. The number of carbonyl (C=O) groups excluding carboxylic acids is 1. The van der Waals surface area contributed by atoms with Gasteiger partial charge in [-0.25, -0.2) is 18.6 Å². The molecule has 0 radical (unpaired) electrons. The summed E-state index contributed by atoms with van der Waals surface area (Å²) < 4.78 is 29.8. The van der Waals surface area contributed by atoms with Crippen molar-refractivity contribution in [3.8, 4) is 0 Å². The molecular weight excluding hydrogens is 360 g/mol. The number of carbonyl (C=O) groups is 1. The molecule has 2 rings (SSSR count). The van der Waals surface area contributed by atoms with E-state index in [4.69, 9.17) is 9.73 Å². The van der Waals surface area contributed by atoms with Crippen molar-refractivity contribution in [1.29, 1.82) is 0 Å². The lowest BCUT2D eigenvalue weighted by atomic mass is 9.84. The summed E-state index contributed by atoms with van der Waals surface area (Å²) in [6, 6.07) is 0. The Morgan fingerprint density at radius 2 is 2.08 bits per heavy atom. The molecule has 1 aromatic heterocycles. The number of rotatable bonds is 10. The van der Waals surface area contributed by atoms with Crippen molar-refractivity contribution in [2.24, 2.45) is 5.92 Å².